The molecule has 1 heterocycles. The molecule has 3 amide bonds. The highest BCUT2D eigenvalue weighted by molar-refractivity contribution is 6.07. The zero-order valence-electron chi connectivity index (χ0n) is 11.0. The summed E-state index contributed by atoms with van der Waals surface area (Å²) in [5, 5.41) is 0.927. The fourth-order valence-corrected chi connectivity index (χ4v) is 3.03. The van der Waals surface area contributed by atoms with Crippen molar-refractivity contribution in [2.45, 2.75) is 25.7 Å². The van der Waals surface area contributed by atoms with Crippen molar-refractivity contribution in [1.29, 1.82) is 0 Å². The second-order valence-corrected chi connectivity index (χ2v) is 5.32. The van der Waals surface area contributed by atoms with E-state index in [1.54, 1.807) is 30.3 Å². The Kier molecular flexibility index (Phi) is 3.26. The number of hydrogen-bond donors (Lipinski definition) is 1. The van der Waals surface area contributed by atoms with Crippen LogP contribution in [0.2, 0.25) is 0 Å². The third-order valence-corrected chi connectivity index (χ3v) is 4.09. The molecule has 20 heavy (non-hydrogen) atoms. The van der Waals surface area contributed by atoms with Crippen molar-refractivity contribution >= 4 is 17.7 Å². The summed E-state index contributed by atoms with van der Waals surface area (Å²) in [7, 11) is 0. The summed E-state index contributed by atoms with van der Waals surface area (Å²) in [6.07, 6.45) is 3.43. The quantitative estimate of drug-likeness (QED) is 0.830. The summed E-state index contributed by atoms with van der Waals surface area (Å²) < 4.78 is 0. The van der Waals surface area contributed by atoms with Crippen molar-refractivity contribution < 1.29 is 14.4 Å². The fraction of sp³-hybridized carbons (Fsp3) is 0.400. The topological polar surface area (TPSA) is 66.5 Å². The number of benzene rings is 1. The van der Waals surface area contributed by atoms with Gasteiger partial charge in [0.1, 0.15) is 0 Å². The predicted molar refractivity (Wildman–Crippen MR) is 71.2 cm³/mol. The lowest BCUT2D eigenvalue weighted by molar-refractivity contribution is -0.142. The van der Waals surface area contributed by atoms with Crippen LogP contribution in [-0.4, -0.2) is 22.7 Å². The van der Waals surface area contributed by atoms with Gasteiger partial charge in [-0.15, -0.1) is 0 Å². The summed E-state index contributed by atoms with van der Waals surface area (Å²) in [6, 6.07) is 8.57. The maximum atomic E-state index is 12.2. The van der Waals surface area contributed by atoms with Crippen LogP contribution >= 0.6 is 0 Å². The summed E-state index contributed by atoms with van der Waals surface area (Å²) in [4.78, 5) is 36.5. The van der Waals surface area contributed by atoms with Crippen LogP contribution < -0.4 is 5.43 Å². The van der Waals surface area contributed by atoms with Gasteiger partial charge in [0.25, 0.3) is 17.7 Å². The first-order chi connectivity index (χ1) is 9.68. The van der Waals surface area contributed by atoms with Crippen LogP contribution in [0.3, 0.4) is 0 Å². The first-order valence-corrected chi connectivity index (χ1v) is 6.92. The normalized spacial score (nSPS) is 25.5. The monoisotopic (exact) mass is 272 g/mol. The van der Waals surface area contributed by atoms with Gasteiger partial charge in [0.15, 0.2) is 0 Å². The number of fused-ring (bicyclic) bond motifs is 1. The molecule has 1 saturated heterocycles. The van der Waals surface area contributed by atoms with E-state index in [9.17, 15) is 14.4 Å². The Morgan fingerprint density at radius 2 is 1.55 bits per heavy atom. The lowest BCUT2D eigenvalue weighted by atomic mass is 9.81. The SMILES string of the molecule is O=C(NN1C(=O)C2CCCCC2C1=O)c1ccccc1. The zero-order chi connectivity index (χ0) is 14.1. The molecule has 2 aliphatic rings. The van der Waals surface area contributed by atoms with Gasteiger partial charge < -0.3 is 0 Å². The Bertz CT molecular complexity index is 531. The van der Waals surface area contributed by atoms with E-state index in [1.807, 2.05) is 0 Å². The molecular weight excluding hydrogens is 256 g/mol. The molecule has 0 radical (unpaired) electrons. The molecule has 2 unspecified atom stereocenters. The van der Waals surface area contributed by atoms with E-state index >= 15 is 0 Å². The second-order valence-electron chi connectivity index (χ2n) is 5.32. The van der Waals surface area contributed by atoms with Gasteiger partial charge in [-0.1, -0.05) is 31.0 Å². The Hall–Kier alpha value is -2.17. The Balaban J connectivity index is 1.76. The molecule has 5 nitrogen and oxygen atoms in total. The van der Waals surface area contributed by atoms with Crippen molar-refractivity contribution in [2.24, 2.45) is 11.8 Å². The molecule has 0 bridgehead atoms. The minimum Gasteiger partial charge on any atom is -0.272 e. The first kappa shape index (κ1) is 12.8. The first-order valence-electron chi connectivity index (χ1n) is 6.92. The molecule has 2 fully saturated rings. The number of carbonyl (C=O) groups excluding carboxylic acids is 3. The van der Waals surface area contributed by atoms with Crippen LogP contribution in [0.25, 0.3) is 0 Å². The number of nitrogens with zero attached hydrogens (tertiary/aromatic N) is 1. The van der Waals surface area contributed by atoms with E-state index in [0.29, 0.717) is 5.56 Å². The highest BCUT2D eigenvalue weighted by Crippen LogP contribution is 2.37. The second kappa shape index (κ2) is 5.07. The van der Waals surface area contributed by atoms with Crippen LogP contribution in [0, 0.1) is 11.8 Å². The van der Waals surface area contributed by atoms with Gasteiger partial charge in [0.05, 0.1) is 11.8 Å². The molecule has 0 spiro atoms. The van der Waals surface area contributed by atoms with Crippen molar-refractivity contribution in [3.8, 4) is 0 Å². The summed E-state index contributed by atoms with van der Waals surface area (Å²) in [5.74, 6) is -1.43. The largest absolute Gasteiger partial charge is 0.272 e. The summed E-state index contributed by atoms with van der Waals surface area (Å²) in [6.45, 7) is 0. The maximum absolute atomic E-state index is 12.2. The molecule has 1 aliphatic carbocycles. The molecule has 104 valence electrons. The van der Waals surface area contributed by atoms with Gasteiger partial charge in [-0.25, -0.2) is 0 Å². The lowest BCUT2D eigenvalue weighted by Crippen LogP contribution is -2.46. The number of rotatable bonds is 2. The van der Waals surface area contributed by atoms with E-state index in [-0.39, 0.29) is 23.7 Å². The third kappa shape index (κ3) is 2.09. The molecule has 5 heteroatoms. The van der Waals surface area contributed by atoms with Crippen molar-refractivity contribution in [3.05, 3.63) is 35.9 Å². The Morgan fingerprint density at radius 3 is 2.10 bits per heavy atom. The van der Waals surface area contributed by atoms with E-state index in [2.05, 4.69) is 5.43 Å². The molecule has 0 aromatic heterocycles. The van der Waals surface area contributed by atoms with E-state index in [0.717, 1.165) is 30.7 Å². The highest BCUT2D eigenvalue weighted by atomic mass is 16.2. The molecule has 3 rings (SSSR count). The minimum absolute atomic E-state index is 0.243. The van der Waals surface area contributed by atoms with Crippen molar-refractivity contribution in [3.63, 3.8) is 0 Å². The molecule has 1 aromatic rings. The van der Waals surface area contributed by atoms with Gasteiger partial charge in [0.2, 0.25) is 0 Å². The molecule has 2 atom stereocenters. The molecule has 1 saturated carbocycles. The lowest BCUT2D eigenvalue weighted by Gasteiger charge is -2.19. The fourth-order valence-electron chi connectivity index (χ4n) is 3.03. The smallest absolute Gasteiger partial charge is 0.270 e. The number of imide groups is 1. The van der Waals surface area contributed by atoms with Crippen LogP contribution in [0.5, 0.6) is 0 Å². The number of hydrogen-bond acceptors (Lipinski definition) is 3. The Morgan fingerprint density at radius 1 is 1.00 bits per heavy atom. The van der Waals surface area contributed by atoms with Gasteiger partial charge in [-0.3, -0.25) is 19.8 Å². The molecule has 1 aliphatic heterocycles. The maximum Gasteiger partial charge on any atom is 0.270 e. The third-order valence-electron chi connectivity index (χ3n) is 4.09. The van der Waals surface area contributed by atoms with Crippen LogP contribution in [0.15, 0.2) is 30.3 Å². The minimum atomic E-state index is -0.425. The summed E-state index contributed by atoms with van der Waals surface area (Å²) in [5.41, 5.74) is 2.88. The molecule has 1 aromatic carbocycles. The average Bonchev–Trinajstić information content (AvgIpc) is 2.74. The number of amides is 3. The number of nitrogens with one attached hydrogen (secondary N) is 1. The van der Waals surface area contributed by atoms with Crippen LogP contribution in [-0.2, 0) is 9.59 Å². The standard InChI is InChI=1S/C15H16N2O3/c18-13(10-6-2-1-3-7-10)16-17-14(19)11-8-4-5-9-12(11)15(17)20/h1-3,6-7,11-12H,4-5,8-9H2,(H,16,18). The summed E-state index contributed by atoms with van der Waals surface area (Å²) >= 11 is 0. The predicted octanol–water partition coefficient (Wildman–Crippen LogP) is 1.51. The van der Waals surface area contributed by atoms with Gasteiger partial charge in [0, 0.05) is 5.56 Å². The zero-order valence-corrected chi connectivity index (χ0v) is 11.0. The van der Waals surface area contributed by atoms with E-state index in [4.69, 9.17) is 0 Å². The van der Waals surface area contributed by atoms with E-state index in [1.165, 1.54) is 0 Å². The van der Waals surface area contributed by atoms with Crippen molar-refractivity contribution in [2.75, 3.05) is 0 Å². The number of hydrazine groups is 1. The van der Waals surface area contributed by atoms with Crippen LogP contribution in [0.4, 0.5) is 0 Å². The average molecular weight is 272 g/mol. The van der Waals surface area contributed by atoms with Crippen molar-refractivity contribution in [1.82, 2.24) is 10.4 Å². The van der Waals surface area contributed by atoms with Crippen LogP contribution in [0.1, 0.15) is 36.0 Å². The van der Waals surface area contributed by atoms with Gasteiger partial charge in [-0.2, -0.15) is 5.01 Å². The molecular formula is C15H16N2O3. The Labute approximate surface area is 116 Å². The van der Waals surface area contributed by atoms with E-state index < -0.39 is 5.91 Å². The van der Waals surface area contributed by atoms with Gasteiger partial charge >= 0.3 is 0 Å². The highest BCUT2D eigenvalue weighted by Gasteiger charge is 2.49. The number of carbonyl (C=O) groups is 3. The molecule has 1 N–H and O–H groups in total. The van der Waals surface area contributed by atoms with Gasteiger partial charge in [-0.05, 0) is 25.0 Å².